The van der Waals surface area contributed by atoms with Crippen LogP contribution in [0.4, 0.5) is 4.79 Å². The molecule has 1 aliphatic heterocycles. The summed E-state index contributed by atoms with van der Waals surface area (Å²) < 4.78 is 18.3. The molecule has 6 rings (SSSR count). The van der Waals surface area contributed by atoms with E-state index < -0.39 is 24.3 Å². The van der Waals surface area contributed by atoms with Gasteiger partial charge < -0.3 is 30.0 Å². The summed E-state index contributed by atoms with van der Waals surface area (Å²) in [4.78, 5) is 27.5. The minimum Gasteiger partial charge on any atom is -0.467 e. The minimum atomic E-state index is -0.810. The number of nitrogens with zero attached hydrogens (tertiary/aromatic N) is 1. The molecule has 0 aromatic heterocycles. The number of hydrogen-bond acceptors (Lipinski definition) is 7. The largest absolute Gasteiger partial charge is 0.467 e. The fourth-order valence-corrected chi connectivity index (χ4v) is 6.87. The van der Waals surface area contributed by atoms with E-state index in [4.69, 9.17) is 14.2 Å². The van der Waals surface area contributed by atoms with Gasteiger partial charge in [-0.1, -0.05) is 134 Å². The average Bonchev–Trinajstić information content (AvgIpc) is 3.21. The van der Waals surface area contributed by atoms with Crippen molar-refractivity contribution in [1.29, 1.82) is 0 Å². The maximum Gasteiger partial charge on any atom is 0.328 e. The van der Waals surface area contributed by atoms with Crippen LogP contribution in [0.25, 0.3) is 11.1 Å². The van der Waals surface area contributed by atoms with Gasteiger partial charge >= 0.3 is 12.0 Å². The molecule has 1 aliphatic rings. The van der Waals surface area contributed by atoms with Crippen LogP contribution in [0.5, 0.6) is 0 Å². The summed E-state index contributed by atoms with van der Waals surface area (Å²) in [6.45, 7) is 3.99. The molecule has 9 nitrogen and oxygen atoms in total. The first-order chi connectivity index (χ1) is 26.3. The van der Waals surface area contributed by atoms with Crippen molar-refractivity contribution in [1.82, 2.24) is 15.5 Å². The highest BCUT2D eigenvalue weighted by atomic mass is 16.7. The van der Waals surface area contributed by atoms with Crippen LogP contribution in [-0.4, -0.2) is 54.9 Å². The fraction of sp³-hybridized carbons (Fsp3) is 0.289. The number of carbonyl (C=O) groups is 2. The lowest BCUT2D eigenvalue weighted by Crippen LogP contribution is -2.47. The van der Waals surface area contributed by atoms with Crippen LogP contribution >= 0.6 is 0 Å². The third-order valence-corrected chi connectivity index (χ3v) is 9.88. The molecule has 5 atom stereocenters. The van der Waals surface area contributed by atoms with Crippen molar-refractivity contribution in [3.8, 4) is 11.1 Å². The molecular weight excluding hydrogens is 679 g/mol. The normalized spacial score (nSPS) is 18.8. The molecule has 0 spiro atoms. The van der Waals surface area contributed by atoms with Crippen LogP contribution in [0.3, 0.4) is 0 Å². The molecule has 0 aliphatic carbocycles. The summed E-state index contributed by atoms with van der Waals surface area (Å²) in [5.74, 6) is -0.427. The summed E-state index contributed by atoms with van der Waals surface area (Å²) in [5, 5.41) is 15.2. The average molecular weight is 728 g/mol. The topological polar surface area (TPSA) is 109 Å². The molecule has 1 saturated heterocycles. The number of amides is 2. The zero-order valence-corrected chi connectivity index (χ0v) is 31.1. The zero-order chi connectivity index (χ0) is 37.9. The van der Waals surface area contributed by atoms with Crippen molar-refractivity contribution < 1.29 is 28.9 Å². The molecule has 0 radical (unpaired) electrons. The van der Waals surface area contributed by atoms with Gasteiger partial charge in [0.15, 0.2) is 6.29 Å². The molecule has 3 N–H and O–H groups in total. The van der Waals surface area contributed by atoms with E-state index in [0.29, 0.717) is 6.42 Å². The quantitative estimate of drug-likeness (QED) is 0.103. The fourth-order valence-electron chi connectivity index (χ4n) is 6.87. The van der Waals surface area contributed by atoms with Gasteiger partial charge in [-0.3, -0.25) is 4.90 Å². The van der Waals surface area contributed by atoms with E-state index in [2.05, 4.69) is 65.9 Å². The van der Waals surface area contributed by atoms with E-state index in [1.165, 1.54) is 12.7 Å². The van der Waals surface area contributed by atoms with Crippen LogP contribution in [0.15, 0.2) is 133 Å². The molecule has 1 heterocycles. The van der Waals surface area contributed by atoms with Gasteiger partial charge in [-0.15, -0.1) is 0 Å². The second-order valence-corrected chi connectivity index (χ2v) is 13.9. The van der Waals surface area contributed by atoms with E-state index in [1.807, 2.05) is 97.1 Å². The van der Waals surface area contributed by atoms with Crippen molar-refractivity contribution in [2.45, 2.75) is 57.6 Å². The van der Waals surface area contributed by atoms with Gasteiger partial charge in [-0.2, -0.15) is 0 Å². The lowest BCUT2D eigenvalue weighted by Gasteiger charge is -2.42. The Labute approximate surface area is 317 Å². The van der Waals surface area contributed by atoms with Gasteiger partial charge in [-0.05, 0) is 52.1 Å². The van der Waals surface area contributed by atoms with Crippen LogP contribution in [0.1, 0.15) is 52.7 Å². The van der Waals surface area contributed by atoms with E-state index in [1.54, 1.807) is 0 Å². The Kier molecular flexibility index (Phi) is 13.2. The predicted molar refractivity (Wildman–Crippen MR) is 209 cm³/mol. The summed E-state index contributed by atoms with van der Waals surface area (Å²) in [6.07, 6.45) is -0.541. The number of methoxy groups -OCH3 is 1. The van der Waals surface area contributed by atoms with Crippen LogP contribution in [0, 0.1) is 5.92 Å². The van der Waals surface area contributed by atoms with Gasteiger partial charge in [0.2, 0.25) is 0 Å². The molecule has 0 saturated carbocycles. The number of likely N-dealkylation sites (N-methyl/N-ethyl adjacent to an activating group) is 1. The van der Waals surface area contributed by atoms with Crippen molar-refractivity contribution in [2.24, 2.45) is 5.92 Å². The molecule has 5 aromatic rings. The minimum absolute atomic E-state index is 0.00619. The summed E-state index contributed by atoms with van der Waals surface area (Å²) >= 11 is 0. The van der Waals surface area contributed by atoms with Crippen molar-refractivity contribution in [3.63, 3.8) is 0 Å². The van der Waals surface area contributed by atoms with Crippen molar-refractivity contribution in [3.05, 3.63) is 167 Å². The molecule has 5 unspecified atom stereocenters. The monoisotopic (exact) mass is 727 g/mol. The number of esters is 1. The number of ether oxygens (including phenoxy) is 3. The van der Waals surface area contributed by atoms with Crippen molar-refractivity contribution >= 4 is 12.0 Å². The van der Waals surface area contributed by atoms with Gasteiger partial charge in [0.05, 0.1) is 25.9 Å². The number of benzene rings is 5. The van der Waals surface area contributed by atoms with Crippen LogP contribution in [-0.2, 0) is 45.1 Å². The maximum absolute atomic E-state index is 12.8. The smallest absolute Gasteiger partial charge is 0.328 e. The van der Waals surface area contributed by atoms with Crippen LogP contribution in [0.2, 0.25) is 0 Å². The number of rotatable bonds is 14. The van der Waals surface area contributed by atoms with Gasteiger partial charge in [0, 0.05) is 37.5 Å². The first-order valence-corrected chi connectivity index (χ1v) is 18.4. The predicted octanol–water partition coefficient (Wildman–Crippen LogP) is 7.35. The van der Waals surface area contributed by atoms with E-state index in [9.17, 15) is 14.7 Å². The molecule has 280 valence electrons. The lowest BCUT2D eigenvalue weighted by atomic mass is 9.90. The zero-order valence-electron chi connectivity index (χ0n) is 31.1. The summed E-state index contributed by atoms with van der Waals surface area (Å²) in [7, 11) is 3.43. The molecule has 54 heavy (non-hydrogen) atoms. The van der Waals surface area contributed by atoms with Crippen LogP contribution < -0.4 is 10.6 Å². The molecule has 2 amide bonds. The Bertz CT molecular complexity index is 1940. The summed E-state index contributed by atoms with van der Waals surface area (Å²) in [6, 6.07) is 42.8. The number of hydrogen-bond donors (Lipinski definition) is 3. The number of aliphatic hydroxyl groups excluding tert-OH is 1. The van der Waals surface area contributed by atoms with Gasteiger partial charge in [0.25, 0.3) is 0 Å². The Morgan fingerprint density at radius 2 is 1.41 bits per heavy atom. The molecular formula is C45H49N3O6. The SMILES string of the molecule is COC(=O)C(Cc1ccccc1)NC(=O)NCc1cccc(-c2ccc(C3OC(CN(C)Cc4ccccc4)C(C)C(c4ccc(CO)cc4)O3)cc2)c1. The lowest BCUT2D eigenvalue weighted by molar-refractivity contribution is -0.276. The molecule has 9 heteroatoms. The second-order valence-electron chi connectivity index (χ2n) is 13.9. The summed E-state index contributed by atoms with van der Waals surface area (Å²) in [5.41, 5.74) is 7.92. The second kappa shape index (κ2) is 18.6. The third-order valence-electron chi connectivity index (χ3n) is 9.88. The molecule has 5 aromatic carbocycles. The standard InChI is InChI=1S/C45H49N3O6/c1-31-41(29-48(2)28-33-13-8-5-9-14-33)53-44(54-42(31)37-19-17-34(30-49)18-20-37)38-23-21-36(22-24-38)39-16-10-15-35(25-39)27-46-45(51)47-40(43(50)52-3)26-32-11-6-4-7-12-32/h4-25,31,40-42,44,49H,26-30H2,1-3H3,(H2,46,47,51). The van der Waals surface area contributed by atoms with Crippen molar-refractivity contribution in [2.75, 3.05) is 20.7 Å². The molecule has 0 bridgehead atoms. The Morgan fingerprint density at radius 3 is 2.07 bits per heavy atom. The Balaban J connectivity index is 1.12. The maximum atomic E-state index is 12.8. The van der Waals surface area contributed by atoms with E-state index in [0.717, 1.165) is 52.0 Å². The number of urea groups is 1. The number of nitrogens with one attached hydrogen (secondary N) is 2. The molecule has 1 fully saturated rings. The first-order valence-electron chi connectivity index (χ1n) is 18.4. The van der Waals surface area contributed by atoms with E-state index >= 15 is 0 Å². The van der Waals surface area contributed by atoms with Gasteiger partial charge in [-0.25, -0.2) is 9.59 Å². The highest BCUT2D eigenvalue weighted by molar-refractivity contribution is 5.83. The van der Waals surface area contributed by atoms with E-state index in [-0.39, 0.29) is 31.3 Å². The third kappa shape index (κ3) is 10.2. The highest BCUT2D eigenvalue weighted by Crippen LogP contribution is 2.42. The van der Waals surface area contributed by atoms with Gasteiger partial charge in [0.1, 0.15) is 6.04 Å². The first kappa shape index (κ1) is 38.4. The number of carbonyl (C=O) groups excluding carboxylic acids is 2. The Morgan fingerprint density at radius 1 is 0.759 bits per heavy atom. The highest BCUT2D eigenvalue weighted by Gasteiger charge is 2.38. The Hall–Kier alpha value is -5.32. The number of aliphatic hydroxyl groups is 1.